The second-order valence-electron chi connectivity index (χ2n) is 9.23. The van der Waals surface area contributed by atoms with Crippen LogP contribution in [0.2, 0.25) is 0 Å². The summed E-state index contributed by atoms with van der Waals surface area (Å²) in [6, 6.07) is 14.9. The van der Waals surface area contributed by atoms with E-state index in [1.54, 1.807) is 0 Å². The Kier molecular flexibility index (Phi) is 7.16. The summed E-state index contributed by atoms with van der Waals surface area (Å²) in [5.74, 6) is 1.52. The van der Waals surface area contributed by atoms with Gasteiger partial charge in [-0.25, -0.2) is 0 Å². The molecule has 1 amide bonds. The number of ether oxygens (including phenoxy) is 1. The normalized spacial score (nSPS) is 19.4. The second kappa shape index (κ2) is 10.2. The molecule has 4 heteroatoms. The van der Waals surface area contributed by atoms with Crippen LogP contribution < -0.4 is 15.0 Å². The van der Waals surface area contributed by atoms with Gasteiger partial charge in [0.15, 0.2) is 6.10 Å². The fourth-order valence-electron chi connectivity index (χ4n) is 4.82. The molecule has 1 aliphatic heterocycles. The molecule has 0 aromatic heterocycles. The minimum absolute atomic E-state index is 0.0471. The quantitative estimate of drug-likeness (QED) is 0.663. The first kappa shape index (κ1) is 21.7. The van der Waals surface area contributed by atoms with E-state index in [1.165, 1.54) is 42.5 Å². The highest BCUT2D eigenvalue weighted by Gasteiger charge is 2.20. The van der Waals surface area contributed by atoms with Crippen LogP contribution in [0.5, 0.6) is 5.75 Å². The van der Waals surface area contributed by atoms with Gasteiger partial charge in [-0.15, -0.1) is 0 Å². The van der Waals surface area contributed by atoms with E-state index in [0.717, 1.165) is 43.2 Å². The zero-order chi connectivity index (χ0) is 21.6. The second-order valence-corrected chi connectivity index (χ2v) is 9.23. The molecule has 1 saturated heterocycles. The van der Waals surface area contributed by atoms with Gasteiger partial charge in [-0.3, -0.25) is 4.79 Å². The molecular formula is C27H36N2O2. The van der Waals surface area contributed by atoms with Gasteiger partial charge in [0.05, 0.1) is 0 Å². The first-order valence-corrected chi connectivity index (χ1v) is 12.0. The maximum Gasteiger partial charge on any atom is 0.261 e. The van der Waals surface area contributed by atoms with Crippen molar-refractivity contribution in [1.82, 2.24) is 5.32 Å². The van der Waals surface area contributed by atoms with E-state index in [2.05, 4.69) is 53.5 Å². The first-order valence-electron chi connectivity index (χ1n) is 12.0. The van der Waals surface area contributed by atoms with Crippen molar-refractivity contribution in [2.75, 3.05) is 18.0 Å². The lowest BCUT2D eigenvalue weighted by Gasteiger charge is -2.32. The number of nitrogens with zero attached hydrogens (tertiary/aromatic N) is 1. The number of carbonyl (C=O) groups excluding carboxylic acids is 1. The molecule has 2 aromatic carbocycles. The van der Waals surface area contributed by atoms with Crippen molar-refractivity contribution >= 4 is 11.6 Å². The maximum atomic E-state index is 12.7. The summed E-state index contributed by atoms with van der Waals surface area (Å²) in [6.07, 6.45) is 7.55. The van der Waals surface area contributed by atoms with Crippen molar-refractivity contribution in [2.45, 2.75) is 71.4 Å². The summed E-state index contributed by atoms with van der Waals surface area (Å²) in [5, 5.41) is 3.06. The van der Waals surface area contributed by atoms with Crippen LogP contribution in [0.4, 0.5) is 5.69 Å². The lowest BCUT2D eigenvalue weighted by atomic mass is 9.92. The van der Waals surface area contributed by atoms with E-state index in [4.69, 9.17) is 4.74 Å². The average Bonchev–Trinajstić information content (AvgIpc) is 2.81. The van der Waals surface area contributed by atoms with Gasteiger partial charge in [0, 0.05) is 25.3 Å². The van der Waals surface area contributed by atoms with Crippen LogP contribution in [0, 0.1) is 5.92 Å². The van der Waals surface area contributed by atoms with E-state index < -0.39 is 6.10 Å². The van der Waals surface area contributed by atoms with Gasteiger partial charge >= 0.3 is 0 Å². The first-order chi connectivity index (χ1) is 15.1. The van der Waals surface area contributed by atoms with Crippen LogP contribution >= 0.6 is 0 Å². The van der Waals surface area contributed by atoms with Gasteiger partial charge < -0.3 is 15.0 Å². The lowest BCUT2D eigenvalue weighted by molar-refractivity contribution is -0.128. The molecule has 1 fully saturated rings. The zero-order valence-electron chi connectivity index (χ0n) is 19.0. The molecule has 4 nitrogen and oxygen atoms in total. The molecule has 1 heterocycles. The molecule has 2 atom stereocenters. The van der Waals surface area contributed by atoms with Crippen LogP contribution in [0.1, 0.15) is 62.6 Å². The SMILES string of the molecule is CC[C@@H](Oc1ccc2c(c1)CCCC2)C(=O)NCc1ccc(N2CCC[C@H](C)C2)cc1. The fourth-order valence-corrected chi connectivity index (χ4v) is 4.82. The van der Waals surface area contributed by atoms with Crippen molar-refractivity contribution < 1.29 is 9.53 Å². The fraction of sp³-hybridized carbons (Fsp3) is 0.519. The van der Waals surface area contributed by atoms with Gasteiger partial charge in [0.1, 0.15) is 5.75 Å². The standard InChI is InChI=1S/C27H36N2O2/c1-3-26(31-25-15-12-22-8-4-5-9-23(22)17-25)27(30)28-18-21-10-13-24(14-11-21)29-16-6-7-20(2)19-29/h10-15,17,20,26H,3-9,16,18-19H2,1-2H3,(H,28,30)/t20-,26+/m0/s1. The molecular weight excluding hydrogens is 384 g/mol. The van der Waals surface area contributed by atoms with Crippen LogP contribution in [0.3, 0.4) is 0 Å². The molecule has 4 rings (SSSR count). The third kappa shape index (κ3) is 5.61. The smallest absolute Gasteiger partial charge is 0.261 e. The van der Waals surface area contributed by atoms with Gasteiger partial charge in [-0.2, -0.15) is 0 Å². The highest BCUT2D eigenvalue weighted by Crippen LogP contribution is 2.26. The minimum atomic E-state index is -0.462. The Morgan fingerprint density at radius 2 is 1.87 bits per heavy atom. The molecule has 0 radical (unpaired) electrons. The highest BCUT2D eigenvalue weighted by atomic mass is 16.5. The largest absolute Gasteiger partial charge is 0.481 e. The lowest BCUT2D eigenvalue weighted by Crippen LogP contribution is -2.37. The third-order valence-corrected chi connectivity index (χ3v) is 6.69. The number of amides is 1. The minimum Gasteiger partial charge on any atom is -0.481 e. The van der Waals surface area contributed by atoms with Crippen LogP contribution in [-0.2, 0) is 24.2 Å². The molecule has 166 valence electrons. The summed E-state index contributed by atoms with van der Waals surface area (Å²) in [5.41, 5.74) is 5.20. The van der Waals surface area contributed by atoms with Crippen molar-refractivity contribution in [3.8, 4) is 5.75 Å². The topological polar surface area (TPSA) is 41.6 Å². The Labute approximate surface area is 187 Å². The predicted molar refractivity (Wildman–Crippen MR) is 127 cm³/mol. The summed E-state index contributed by atoms with van der Waals surface area (Å²) in [6.45, 7) is 7.12. The number of hydrogen-bond donors (Lipinski definition) is 1. The van der Waals surface area contributed by atoms with Gasteiger partial charge in [0.25, 0.3) is 5.91 Å². The molecule has 0 unspecified atom stereocenters. The molecule has 0 spiro atoms. The number of fused-ring (bicyclic) bond motifs is 1. The van der Waals surface area contributed by atoms with Crippen LogP contribution in [0.25, 0.3) is 0 Å². The number of rotatable bonds is 7. The Hall–Kier alpha value is -2.49. The Morgan fingerprint density at radius 3 is 2.61 bits per heavy atom. The highest BCUT2D eigenvalue weighted by molar-refractivity contribution is 5.81. The van der Waals surface area contributed by atoms with Crippen LogP contribution in [-0.4, -0.2) is 25.1 Å². The molecule has 31 heavy (non-hydrogen) atoms. The van der Waals surface area contributed by atoms with Crippen LogP contribution in [0.15, 0.2) is 42.5 Å². The van der Waals surface area contributed by atoms with Crippen molar-refractivity contribution in [2.24, 2.45) is 5.92 Å². The summed E-state index contributed by atoms with van der Waals surface area (Å²) in [7, 11) is 0. The molecule has 2 aromatic rings. The van der Waals surface area contributed by atoms with Gasteiger partial charge in [0.2, 0.25) is 0 Å². The monoisotopic (exact) mass is 420 g/mol. The Morgan fingerprint density at radius 1 is 1.10 bits per heavy atom. The van der Waals surface area contributed by atoms with E-state index in [1.807, 2.05) is 13.0 Å². The van der Waals surface area contributed by atoms with E-state index in [9.17, 15) is 4.79 Å². The third-order valence-electron chi connectivity index (χ3n) is 6.69. The van der Waals surface area contributed by atoms with Crippen molar-refractivity contribution in [3.63, 3.8) is 0 Å². The number of hydrogen-bond acceptors (Lipinski definition) is 3. The number of piperidine rings is 1. The number of anilines is 1. The molecule has 2 aliphatic rings. The zero-order valence-corrected chi connectivity index (χ0v) is 19.0. The Bertz CT molecular complexity index is 877. The molecule has 1 aliphatic carbocycles. The van der Waals surface area contributed by atoms with E-state index >= 15 is 0 Å². The van der Waals surface area contributed by atoms with E-state index in [0.29, 0.717) is 13.0 Å². The molecule has 1 N–H and O–H groups in total. The average molecular weight is 421 g/mol. The summed E-state index contributed by atoms with van der Waals surface area (Å²) in [4.78, 5) is 15.2. The van der Waals surface area contributed by atoms with Crippen molar-refractivity contribution in [1.29, 1.82) is 0 Å². The predicted octanol–water partition coefficient (Wildman–Crippen LogP) is 5.28. The van der Waals surface area contributed by atoms with E-state index in [-0.39, 0.29) is 5.91 Å². The number of nitrogens with one attached hydrogen (secondary N) is 1. The number of carbonyl (C=O) groups is 1. The summed E-state index contributed by atoms with van der Waals surface area (Å²) < 4.78 is 6.07. The van der Waals surface area contributed by atoms with Crippen molar-refractivity contribution in [3.05, 3.63) is 59.2 Å². The number of benzene rings is 2. The summed E-state index contributed by atoms with van der Waals surface area (Å²) >= 11 is 0. The number of aryl methyl sites for hydroxylation is 2. The molecule has 0 saturated carbocycles. The maximum absolute atomic E-state index is 12.7. The van der Waals surface area contributed by atoms with Gasteiger partial charge in [-0.1, -0.05) is 32.0 Å². The van der Waals surface area contributed by atoms with Gasteiger partial charge in [-0.05, 0) is 91.8 Å². The Balaban J connectivity index is 1.30. The molecule has 0 bridgehead atoms.